The zero-order valence-corrected chi connectivity index (χ0v) is 21.8. The molecular formula is C27H40N4OS. The molecule has 0 unspecified atom stereocenters. The van der Waals surface area contributed by atoms with Crippen molar-refractivity contribution in [2.24, 2.45) is 0 Å². The SMILES string of the molecule is CC1=C(C)C(c2[nH]c3sc(C4CCC(NC5CCOCC5)CC4)nc3c2C(C)C)=CN(C)C1. The first-order chi connectivity index (χ1) is 15.9. The first-order valence-electron chi connectivity index (χ1n) is 12.9. The van der Waals surface area contributed by atoms with Crippen molar-refractivity contribution in [3.05, 3.63) is 33.6 Å². The fraction of sp³-hybridized carbons (Fsp3) is 0.667. The molecule has 0 atom stereocenters. The van der Waals surface area contributed by atoms with Crippen molar-refractivity contribution in [1.82, 2.24) is 20.2 Å². The minimum absolute atomic E-state index is 0.435. The van der Waals surface area contributed by atoms with E-state index >= 15 is 0 Å². The molecule has 0 bridgehead atoms. The van der Waals surface area contributed by atoms with Crippen molar-refractivity contribution < 1.29 is 4.74 Å². The van der Waals surface area contributed by atoms with E-state index in [1.54, 1.807) is 0 Å². The molecule has 4 heterocycles. The number of aromatic amines is 1. The Morgan fingerprint density at radius 1 is 1.09 bits per heavy atom. The zero-order chi connectivity index (χ0) is 23.1. The molecule has 2 N–H and O–H groups in total. The van der Waals surface area contributed by atoms with Crippen molar-refractivity contribution in [2.75, 3.05) is 26.8 Å². The molecule has 2 aromatic rings. The van der Waals surface area contributed by atoms with Crippen LogP contribution in [0.3, 0.4) is 0 Å². The molecule has 33 heavy (non-hydrogen) atoms. The molecule has 0 amide bonds. The van der Waals surface area contributed by atoms with Crippen LogP contribution in [0.4, 0.5) is 0 Å². The fourth-order valence-electron chi connectivity index (χ4n) is 5.89. The van der Waals surface area contributed by atoms with Crippen LogP contribution in [-0.2, 0) is 4.74 Å². The molecular weight excluding hydrogens is 428 g/mol. The highest BCUT2D eigenvalue weighted by molar-refractivity contribution is 7.18. The van der Waals surface area contributed by atoms with E-state index in [4.69, 9.17) is 9.72 Å². The van der Waals surface area contributed by atoms with Crippen molar-refractivity contribution in [1.29, 1.82) is 0 Å². The highest BCUT2D eigenvalue weighted by atomic mass is 32.1. The Kier molecular flexibility index (Phi) is 6.69. The van der Waals surface area contributed by atoms with Crippen LogP contribution in [0.25, 0.3) is 15.9 Å². The van der Waals surface area contributed by atoms with Gasteiger partial charge in [0.2, 0.25) is 0 Å². The molecule has 2 aliphatic heterocycles. The molecule has 5 rings (SSSR count). The van der Waals surface area contributed by atoms with Gasteiger partial charge < -0.3 is 19.9 Å². The number of aromatic nitrogens is 2. The Labute approximate surface area is 202 Å². The fourth-order valence-corrected chi connectivity index (χ4v) is 7.05. The third kappa shape index (κ3) is 4.67. The number of hydrogen-bond acceptors (Lipinski definition) is 5. The van der Waals surface area contributed by atoms with Crippen LogP contribution in [-0.4, -0.2) is 53.8 Å². The summed E-state index contributed by atoms with van der Waals surface area (Å²) in [5.41, 5.74) is 8.05. The lowest BCUT2D eigenvalue weighted by atomic mass is 9.85. The summed E-state index contributed by atoms with van der Waals surface area (Å²) in [6.45, 7) is 12.0. The molecule has 5 nitrogen and oxygen atoms in total. The molecule has 0 aromatic carbocycles. The predicted octanol–water partition coefficient (Wildman–Crippen LogP) is 6.17. The Morgan fingerprint density at radius 2 is 1.79 bits per heavy atom. The predicted molar refractivity (Wildman–Crippen MR) is 139 cm³/mol. The summed E-state index contributed by atoms with van der Waals surface area (Å²) in [6, 6.07) is 1.32. The van der Waals surface area contributed by atoms with Crippen LogP contribution in [0.5, 0.6) is 0 Å². The molecule has 6 heteroatoms. The second-order valence-corrected chi connectivity index (χ2v) is 11.8. The highest BCUT2D eigenvalue weighted by Gasteiger charge is 2.29. The van der Waals surface area contributed by atoms with Gasteiger partial charge in [-0.05, 0) is 63.9 Å². The van der Waals surface area contributed by atoms with E-state index in [1.807, 2.05) is 11.3 Å². The molecule has 1 aliphatic carbocycles. The van der Waals surface area contributed by atoms with E-state index < -0.39 is 0 Å². The van der Waals surface area contributed by atoms with Gasteiger partial charge in [-0.25, -0.2) is 4.98 Å². The van der Waals surface area contributed by atoms with Gasteiger partial charge in [-0.15, -0.1) is 11.3 Å². The number of likely N-dealkylation sites (N-methyl/N-ethyl adjacent to an activating group) is 1. The van der Waals surface area contributed by atoms with Gasteiger partial charge in [0.15, 0.2) is 0 Å². The number of thiazole rings is 1. The quantitative estimate of drug-likeness (QED) is 0.551. The van der Waals surface area contributed by atoms with E-state index in [0.29, 0.717) is 23.9 Å². The van der Waals surface area contributed by atoms with Gasteiger partial charge in [-0.2, -0.15) is 0 Å². The third-order valence-corrected chi connectivity index (χ3v) is 9.04. The van der Waals surface area contributed by atoms with E-state index in [1.165, 1.54) is 69.0 Å². The lowest BCUT2D eigenvalue weighted by Crippen LogP contribution is -2.43. The lowest BCUT2D eigenvalue weighted by molar-refractivity contribution is 0.0729. The maximum Gasteiger partial charge on any atom is 0.121 e. The number of allylic oxidation sites excluding steroid dienone is 2. The van der Waals surface area contributed by atoms with Gasteiger partial charge in [0.05, 0.1) is 10.7 Å². The van der Waals surface area contributed by atoms with Crippen LogP contribution >= 0.6 is 11.3 Å². The number of hydrogen-bond donors (Lipinski definition) is 2. The normalized spacial score (nSPS) is 25.4. The molecule has 0 radical (unpaired) electrons. The topological polar surface area (TPSA) is 53.2 Å². The van der Waals surface area contributed by atoms with Crippen molar-refractivity contribution >= 4 is 27.3 Å². The standard InChI is InChI=1S/C27H40N4OS/c1-16(2)23-24(22-15-31(5)14-17(3)18(22)4)29-27-25(23)30-26(33-27)19-6-8-20(9-7-19)28-21-10-12-32-13-11-21/h15-16,19-21,28-29H,6-14H2,1-5H3. The van der Waals surface area contributed by atoms with E-state index in [0.717, 1.165) is 32.6 Å². The minimum atomic E-state index is 0.435. The van der Waals surface area contributed by atoms with Gasteiger partial charge in [-0.3, -0.25) is 0 Å². The molecule has 3 aliphatic rings. The van der Waals surface area contributed by atoms with Crippen molar-refractivity contribution in [2.45, 2.75) is 90.1 Å². The Balaban J connectivity index is 1.34. The van der Waals surface area contributed by atoms with Crippen molar-refractivity contribution in [3.63, 3.8) is 0 Å². The monoisotopic (exact) mass is 468 g/mol. The number of fused-ring (bicyclic) bond motifs is 1. The van der Waals surface area contributed by atoms with Gasteiger partial charge in [0.25, 0.3) is 0 Å². The summed E-state index contributed by atoms with van der Waals surface area (Å²) in [7, 11) is 2.17. The van der Waals surface area contributed by atoms with Crippen molar-refractivity contribution in [3.8, 4) is 0 Å². The van der Waals surface area contributed by atoms with Gasteiger partial charge >= 0.3 is 0 Å². The largest absolute Gasteiger partial charge is 0.381 e. The number of nitrogens with one attached hydrogen (secondary N) is 2. The summed E-state index contributed by atoms with van der Waals surface area (Å²) < 4.78 is 5.52. The molecule has 1 saturated carbocycles. The number of ether oxygens (including phenoxy) is 1. The number of nitrogens with zero attached hydrogens (tertiary/aromatic N) is 2. The molecule has 0 spiro atoms. The summed E-state index contributed by atoms with van der Waals surface area (Å²) in [5, 5.41) is 5.25. The van der Waals surface area contributed by atoms with Gasteiger partial charge in [0.1, 0.15) is 10.3 Å². The summed E-state index contributed by atoms with van der Waals surface area (Å²) in [6.07, 6.45) is 9.66. The van der Waals surface area contributed by atoms with E-state index in [9.17, 15) is 0 Å². The summed E-state index contributed by atoms with van der Waals surface area (Å²) >= 11 is 1.90. The van der Waals surface area contributed by atoms with Crippen LogP contribution in [0.2, 0.25) is 0 Å². The smallest absolute Gasteiger partial charge is 0.121 e. The maximum atomic E-state index is 5.52. The molecule has 2 aromatic heterocycles. The first-order valence-corrected chi connectivity index (χ1v) is 13.7. The van der Waals surface area contributed by atoms with Crippen LogP contribution in [0.15, 0.2) is 17.3 Å². The Morgan fingerprint density at radius 3 is 2.48 bits per heavy atom. The van der Waals surface area contributed by atoms with Gasteiger partial charge in [-0.1, -0.05) is 19.4 Å². The molecule has 180 valence electrons. The number of rotatable bonds is 5. The third-order valence-electron chi connectivity index (χ3n) is 7.90. The van der Waals surface area contributed by atoms with Gasteiger partial charge in [0, 0.05) is 62.1 Å². The maximum absolute atomic E-state index is 5.52. The van der Waals surface area contributed by atoms with Crippen LogP contribution in [0, 0.1) is 0 Å². The highest BCUT2D eigenvalue weighted by Crippen LogP contribution is 2.42. The molecule has 2 fully saturated rings. The second-order valence-electron chi connectivity index (χ2n) is 10.8. The average molecular weight is 469 g/mol. The summed E-state index contributed by atoms with van der Waals surface area (Å²) in [5.74, 6) is 1.04. The zero-order valence-electron chi connectivity index (χ0n) is 21.0. The Bertz CT molecular complexity index is 1050. The lowest BCUT2D eigenvalue weighted by Gasteiger charge is -2.33. The van der Waals surface area contributed by atoms with Crippen LogP contribution in [0.1, 0.15) is 94.3 Å². The van der Waals surface area contributed by atoms with E-state index in [2.05, 4.69) is 56.1 Å². The van der Waals surface area contributed by atoms with Crippen LogP contribution < -0.4 is 5.32 Å². The second kappa shape index (κ2) is 9.55. The first kappa shape index (κ1) is 23.1. The Hall–Kier alpha value is -1.63. The summed E-state index contributed by atoms with van der Waals surface area (Å²) in [4.78, 5) is 12.6. The molecule has 1 saturated heterocycles. The number of H-pyrrole nitrogens is 1. The average Bonchev–Trinajstić information content (AvgIpc) is 3.35. The minimum Gasteiger partial charge on any atom is -0.381 e. The van der Waals surface area contributed by atoms with E-state index in [-0.39, 0.29) is 0 Å².